The molecule has 0 radical (unpaired) electrons. The van der Waals surface area contributed by atoms with E-state index in [4.69, 9.17) is 5.11 Å². The van der Waals surface area contributed by atoms with Gasteiger partial charge in [0.05, 0.1) is 6.42 Å². The maximum atomic E-state index is 13.3. The molecule has 1 aromatic rings. The van der Waals surface area contributed by atoms with Gasteiger partial charge in [0, 0.05) is 5.56 Å². The van der Waals surface area contributed by atoms with Crippen LogP contribution in [0.4, 0.5) is 8.78 Å². The van der Waals surface area contributed by atoms with Crippen LogP contribution in [0.25, 0.3) is 0 Å². The molecule has 0 aliphatic rings. The van der Waals surface area contributed by atoms with Gasteiger partial charge < -0.3 is 10.4 Å². The molecule has 0 aliphatic heterocycles. The highest BCUT2D eigenvalue weighted by Gasteiger charge is 2.23. The summed E-state index contributed by atoms with van der Waals surface area (Å²) in [6.45, 7) is 3.28. The van der Waals surface area contributed by atoms with Crippen molar-refractivity contribution in [2.75, 3.05) is 0 Å². The summed E-state index contributed by atoms with van der Waals surface area (Å²) in [5, 5.41) is 11.2. The van der Waals surface area contributed by atoms with Crippen LogP contribution in [0.2, 0.25) is 0 Å². The second kappa shape index (κ2) is 6.26. The van der Waals surface area contributed by atoms with Gasteiger partial charge in [-0.1, -0.05) is 26.0 Å². The van der Waals surface area contributed by atoms with E-state index in [0.717, 1.165) is 6.07 Å². The van der Waals surface area contributed by atoms with E-state index in [1.54, 1.807) is 13.8 Å². The standard InChI is InChI=1S/C13H15F2NO3/c1-7(2)12(13(18)19)16-10(17)6-8-4-3-5-9(14)11(8)15/h3-5,7,12H,6H2,1-2H3,(H,16,17)(H,18,19)/t12-/m0/s1. The molecular weight excluding hydrogens is 256 g/mol. The molecule has 0 fully saturated rings. The third-order valence-corrected chi connectivity index (χ3v) is 2.63. The van der Waals surface area contributed by atoms with Crippen LogP contribution in [0.15, 0.2) is 18.2 Å². The lowest BCUT2D eigenvalue weighted by molar-refractivity contribution is -0.143. The Morgan fingerprint density at radius 2 is 1.95 bits per heavy atom. The fraction of sp³-hybridized carbons (Fsp3) is 0.385. The van der Waals surface area contributed by atoms with Gasteiger partial charge in [0.1, 0.15) is 6.04 Å². The highest BCUT2D eigenvalue weighted by Crippen LogP contribution is 2.12. The molecule has 1 amide bonds. The summed E-state index contributed by atoms with van der Waals surface area (Å²) in [6.07, 6.45) is -0.403. The van der Waals surface area contributed by atoms with Gasteiger partial charge in [0.2, 0.25) is 5.91 Å². The van der Waals surface area contributed by atoms with Crippen LogP contribution in [0.3, 0.4) is 0 Å². The molecule has 0 spiro atoms. The van der Waals surface area contributed by atoms with Crippen molar-refractivity contribution in [1.82, 2.24) is 5.32 Å². The van der Waals surface area contributed by atoms with Crippen LogP contribution in [0.1, 0.15) is 19.4 Å². The highest BCUT2D eigenvalue weighted by atomic mass is 19.2. The van der Waals surface area contributed by atoms with Crippen molar-refractivity contribution >= 4 is 11.9 Å². The van der Waals surface area contributed by atoms with E-state index in [1.807, 2.05) is 0 Å². The zero-order valence-corrected chi connectivity index (χ0v) is 10.6. The Kier molecular flexibility index (Phi) is 4.97. The Labute approximate surface area is 109 Å². The molecule has 0 saturated carbocycles. The number of rotatable bonds is 5. The lowest BCUT2D eigenvalue weighted by Gasteiger charge is -2.17. The normalized spacial score (nSPS) is 12.3. The Hall–Kier alpha value is -1.98. The molecule has 0 heterocycles. The number of amides is 1. The molecule has 0 unspecified atom stereocenters. The van der Waals surface area contributed by atoms with Crippen molar-refractivity contribution in [1.29, 1.82) is 0 Å². The monoisotopic (exact) mass is 271 g/mol. The van der Waals surface area contributed by atoms with Crippen molar-refractivity contribution in [3.05, 3.63) is 35.4 Å². The zero-order valence-electron chi connectivity index (χ0n) is 10.6. The minimum absolute atomic E-state index is 0.106. The van der Waals surface area contributed by atoms with Gasteiger partial charge in [-0.3, -0.25) is 4.79 Å². The number of carbonyl (C=O) groups is 2. The predicted molar refractivity (Wildman–Crippen MR) is 64.5 cm³/mol. The zero-order chi connectivity index (χ0) is 14.6. The summed E-state index contributed by atoms with van der Waals surface area (Å²) in [4.78, 5) is 22.5. The SMILES string of the molecule is CC(C)[C@H](NC(=O)Cc1cccc(F)c1F)C(=O)O. The lowest BCUT2D eigenvalue weighted by atomic mass is 10.0. The smallest absolute Gasteiger partial charge is 0.326 e. The number of aliphatic carboxylic acids is 1. The van der Waals surface area contributed by atoms with E-state index in [0.29, 0.717) is 0 Å². The minimum atomic E-state index is -1.16. The fourth-order valence-electron chi connectivity index (χ4n) is 1.60. The summed E-state index contributed by atoms with van der Waals surface area (Å²) in [5.41, 5.74) is -0.106. The summed E-state index contributed by atoms with van der Waals surface area (Å²) < 4.78 is 26.3. The maximum Gasteiger partial charge on any atom is 0.326 e. The molecule has 0 saturated heterocycles. The van der Waals surface area contributed by atoms with Gasteiger partial charge in [-0.2, -0.15) is 0 Å². The van der Waals surface area contributed by atoms with Gasteiger partial charge in [-0.25, -0.2) is 13.6 Å². The number of hydrogen-bond donors (Lipinski definition) is 2. The third kappa shape index (κ3) is 4.01. The number of carboxylic acid groups (broad SMARTS) is 1. The average molecular weight is 271 g/mol. The molecule has 6 heteroatoms. The third-order valence-electron chi connectivity index (χ3n) is 2.63. The first-order valence-corrected chi connectivity index (χ1v) is 5.78. The summed E-state index contributed by atoms with van der Waals surface area (Å²) in [7, 11) is 0. The topological polar surface area (TPSA) is 66.4 Å². The molecule has 1 rings (SSSR count). The Morgan fingerprint density at radius 1 is 1.32 bits per heavy atom. The molecule has 1 atom stereocenters. The number of carboxylic acids is 1. The number of halogens is 2. The largest absolute Gasteiger partial charge is 0.480 e. The molecule has 0 bridgehead atoms. The Bertz CT molecular complexity index is 489. The summed E-state index contributed by atoms with van der Waals surface area (Å²) >= 11 is 0. The molecular formula is C13H15F2NO3. The van der Waals surface area contributed by atoms with E-state index < -0.39 is 36.0 Å². The van der Waals surface area contributed by atoms with Crippen molar-refractivity contribution in [3.8, 4) is 0 Å². The van der Waals surface area contributed by atoms with Crippen molar-refractivity contribution in [2.24, 2.45) is 5.92 Å². The van der Waals surface area contributed by atoms with Crippen molar-refractivity contribution in [3.63, 3.8) is 0 Å². The first-order valence-electron chi connectivity index (χ1n) is 5.78. The highest BCUT2D eigenvalue weighted by molar-refractivity contribution is 5.85. The number of nitrogens with one attached hydrogen (secondary N) is 1. The maximum absolute atomic E-state index is 13.3. The Morgan fingerprint density at radius 3 is 2.47 bits per heavy atom. The molecule has 19 heavy (non-hydrogen) atoms. The van der Waals surface area contributed by atoms with Gasteiger partial charge in [-0.15, -0.1) is 0 Å². The lowest BCUT2D eigenvalue weighted by Crippen LogP contribution is -2.45. The molecule has 4 nitrogen and oxygen atoms in total. The van der Waals surface area contributed by atoms with E-state index >= 15 is 0 Å². The van der Waals surface area contributed by atoms with Crippen LogP contribution in [-0.4, -0.2) is 23.0 Å². The van der Waals surface area contributed by atoms with Crippen LogP contribution in [0.5, 0.6) is 0 Å². The number of benzene rings is 1. The summed E-state index contributed by atoms with van der Waals surface area (Å²) in [5.74, 6) is -4.26. The molecule has 0 aromatic heterocycles. The quantitative estimate of drug-likeness (QED) is 0.857. The van der Waals surface area contributed by atoms with E-state index in [2.05, 4.69) is 5.32 Å². The fourth-order valence-corrected chi connectivity index (χ4v) is 1.60. The number of carbonyl (C=O) groups excluding carboxylic acids is 1. The van der Waals surface area contributed by atoms with Crippen molar-refractivity contribution in [2.45, 2.75) is 26.3 Å². The van der Waals surface area contributed by atoms with E-state index in [1.165, 1.54) is 12.1 Å². The molecule has 2 N–H and O–H groups in total. The van der Waals surface area contributed by atoms with E-state index in [9.17, 15) is 18.4 Å². The summed E-state index contributed by atoms with van der Waals surface area (Å²) in [6, 6.07) is 2.47. The van der Waals surface area contributed by atoms with Crippen LogP contribution in [0, 0.1) is 17.6 Å². The second-order valence-corrected chi connectivity index (χ2v) is 4.52. The van der Waals surface area contributed by atoms with Crippen LogP contribution >= 0.6 is 0 Å². The first kappa shape index (κ1) is 15.1. The molecule has 104 valence electrons. The van der Waals surface area contributed by atoms with Gasteiger partial charge in [0.15, 0.2) is 11.6 Å². The van der Waals surface area contributed by atoms with Crippen LogP contribution in [-0.2, 0) is 16.0 Å². The van der Waals surface area contributed by atoms with E-state index in [-0.39, 0.29) is 11.5 Å². The van der Waals surface area contributed by atoms with Crippen LogP contribution < -0.4 is 5.32 Å². The van der Waals surface area contributed by atoms with Gasteiger partial charge >= 0.3 is 5.97 Å². The predicted octanol–water partition coefficient (Wildman–Crippen LogP) is 1.73. The number of hydrogen-bond acceptors (Lipinski definition) is 2. The average Bonchev–Trinajstić information content (AvgIpc) is 2.31. The molecule has 1 aromatic carbocycles. The van der Waals surface area contributed by atoms with Crippen molar-refractivity contribution < 1.29 is 23.5 Å². The Balaban J connectivity index is 2.75. The first-order chi connectivity index (χ1) is 8.82. The van der Waals surface area contributed by atoms with Gasteiger partial charge in [0.25, 0.3) is 0 Å². The second-order valence-electron chi connectivity index (χ2n) is 4.52. The molecule has 0 aliphatic carbocycles. The van der Waals surface area contributed by atoms with Gasteiger partial charge in [-0.05, 0) is 12.0 Å². The minimum Gasteiger partial charge on any atom is -0.480 e.